The smallest absolute Gasteiger partial charge is 0.136 e. The fourth-order valence-electron chi connectivity index (χ4n) is 3.78. The van der Waals surface area contributed by atoms with E-state index in [2.05, 4.69) is 96.1 Å². The van der Waals surface area contributed by atoms with Gasteiger partial charge in [0.1, 0.15) is 11.2 Å². The summed E-state index contributed by atoms with van der Waals surface area (Å²) in [5.41, 5.74) is 7.24. The van der Waals surface area contributed by atoms with Gasteiger partial charge in [0.2, 0.25) is 0 Å². The highest BCUT2D eigenvalue weighted by molar-refractivity contribution is 6.08. The monoisotopic (exact) mass is 356 g/mol. The number of hydrogen-bond acceptors (Lipinski definition) is 1. The normalized spacial score (nSPS) is 12.8. The highest BCUT2D eigenvalue weighted by atomic mass is 16.3. The molecule has 1 heterocycles. The Hall–Kier alpha value is -2.54. The van der Waals surface area contributed by atoms with Crippen LogP contribution in [0.3, 0.4) is 0 Å². The van der Waals surface area contributed by atoms with E-state index < -0.39 is 0 Å². The van der Waals surface area contributed by atoms with Gasteiger partial charge in [0.15, 0.2) is 0 Å². The van der Waals surface area contributed by atoms with Crippen LogP contribution in [0.25, 0.3) is 33.1 Å². The molecule has 3 aromatic carbocycles. The molecule has 4 aromatic rings. The Morgan fingerprint density at radius 3 is 2.07 bits per heavy atom. The van der Waals surface area contributed by atoms with Crippen molar-refractivity contribution in [3.05, 3.63) is 71.8 Å². The summed E-state index contributed by atoms with van der Waals surface area (Å²) in [6.07, 6.45) is 0. The second-order valence-corrected chi connectivity index (χ2v) is 9.58. The maximum Gasteiger partial charge on any atom is 0.136 e. The maximum absolute atomic E-state index is 6.25. The number of furan rings is 1. The van der Waals surface area contributed by atoms with Crippen LogP contribution in [0, 0.1) is 0 Å². The number of fused-ring (bicyclic) bond motifs is 3. The number of para-hydroxylation sites is 1. The molecule has 27 heavy (non-hydrogen) atoms. The Morgan fingerprint density at radius 1 is 0.630 bits per heavy atom. The van der Waals surface area contributed by atoms with Gasteiger partial charge in [-0.2, -0.15) is 0 Å². The summed E-state index contributed by atoms with van der Waals surface area (Å²) in [4.78, 5) is 0. The van der Waals surface area contributed by atoms with Gasteiger partial charge < -0.3 is 4.42 Å². The summed E-state index contributed by atoms with van der Waals surface area (Å²) in [6, 6.07) is 21.8. The molecule has 0 amide bonds. The van der Waals surface area contributed by atoms with Crippen LogP contribution >= 0.6 is 0 Å². The van der Waals surface area contributed by atoms with Gasteiger partial charge in [-0.15, -0.1) is 0 Å². The molecule has 0 atom stereocenters. The van der Waals surface area contributed by atoms with Gasteiger partial charge in [-0.05, 0) is 51.3 Å². The lowest BCUT2D eigenvalue weighted by molar-refractivity contribution is 0.590. The Balaban J connectivity index is 2.02. The molecule has 0 radical (unpaired) electrons. The molecular formula is C26H28O. The van der Waals surface area contributed by atoms with Crippen LogP contribution in [0.1, 0.15) is 52.7 Å². The Morgan fingerprint density at radius 2 is 1.37 bits per heavy atom. The van der Waals surface area contributed by atoms with Gasteiger partial charge in [-0.3, -0.25) is 0 Å². The average molecular weight is 357 g/mol. The van der Waals surface area contributed by atoms with Crippen LogP contribution in [0.4, 0.5) is 0 Å². The van der Waals surface area contributed by atoms with Crippen molar-refractivity contribution >= 4 is 21.9 Å². The highest BCUT2D eigenvalue weighted by Gasteiger charge is 2.22. The average Bonchev–Trinajstić information content (AvgIpc) is 2.98. The molecule has 0 unspecified atom stereocenters. The first kappa shape index (κ1) is 17.9. The lowest BCUT2D eigenvalue weighted by Crippen LogP contribution is -2.12. The molecule has 0 aliphatic heterocycles. The summed E-state index contributed by atoms with van der Waals surface area (Å²) >= 11 is 0. The second kappa shape index (κ2) is 5.99. The highest BCUT2D eigenvalue weighted by Crippen LogP contribution is 2.40. The summed E-state index contributed by atoms with van der Waals surface area (Å²) in [7, 11) is 0. The zero-order valence-electron chi connectivity index (χ0n) is 17.2. The molecule has 1 heteroatoms. The third kappa shape index (κ3) is 3.16. The van der Waals surface area contributed by atoms with E-state index in [1.165, 1.54) is 33.0 Å². The molecule has 0 aliphatic carbocycles. The molecule has 0 bridgehead atoms. The molecule has 0 saturated heterocycles. The molecule has 1 aromatic heterocycles. The summed E-state index contributed by atoms with van der Waals surface area (Å²) in [5, 5.41) is 2.45. The third-order valence-electron chi connectivity index (χ3n) is 5.35. The number of benzene rings is 3. The van der Waals surface area contributed by atoms with Gasteiger partial charge in [0.05, 0.1) is 0 Å². The van der Waals surface area contributed by atoms with Crippen molar-refractivity contribution in [2.45, 2.75) is 52.4 Å². The van der Waals surface area contributed by atoms with Crippen molar-refractivity contribution in [2.75, 3.05) is 0 Å². The fourth-order valence-corrected chi connectivity index (χ4v) is 3.78. The summed E-state index contributed by atoms with van der Waals surface area (Å²) < 4.78 is 6.25. The van der Waals surface area contributed by atoms with Gasteiger partial charge >= 0.3 is 0 Å². The Labute approximate surface area is 162 Å². The Bertz CT molecular complexity index is 1130. The number of hydrogen-bond donors (Lipinski definition) is 0. The van der Waals surface area contributed by atoms with Gasteiger partial charge in [0.25, 0.3) is 0 Å². The van der Waals surface area contributed by atoms with E-state index in [1.54, 1.807) is 0 Å². The van der Waals surface area contributed by atoms with E-state index in [0.29, 0.717) is 0 Å². The molecule has 0 spiro atoms. The maximum atomic E-state index is 6.25. The molecule has 0 aliphatic rings. The lowest BCUT2D eigenvalue weighted by Gasteiger charge is -2.22. The van der Waals surface area contributed by atoms with Gasteiger partial charge in [-0.25, -0.2) is 0 Å². The lowest BCUT2D eigenvalue weighted by atomic mass is 9.81. The van der Waals surface area contributed by atoms with E-state index in [1.807, 2.05) is 6.07 Å². The van der Waals surface area contributed by atoms with Crippen LogP contribution in [-0.2, 0) is 10.8 Å². The first-order valence-corrected chi connectivity index (χ1v) is 9.71. The Kier molecular flexibility index (Phi) is 3.96. The van der Waals surface area contributed by atoms with Crippen LogP contribution in [0.15, 0.2) is 65.1 Å². The topological polar surface area (TPSA) is 13.1 Å². The van der Waals surface area contributed by atoms with Crippen LogP contribution < -0.4 is 0 Å². The molecule has 0 N–H and O–H groups in total. The SMILES string of the molecule is CC(C)(C)c1cccc(-c2cc(C(C)(C)C)c3c(c2)oc2ccccc23)c1. The third-order valence-corrected chi connectivity index (χ3v) is 5.35. The van der Waals surface area contributed by atoms with Crippen molar-refractivity contribution in [2.24, 2.45) is 0 Å². The minimum atomic E-state index is 0.0303. The minimum Gasteiger partial charge on any atom is -0.456 e. The van der Waals surface area contributed by atoms with E-state index in [-0.39, 0.29) is 10.8 Å². The summed E-state index contributed by atoms with van der Waals surface area (Å²) in [5.74, 6) is 0. The zero-order chi connectivity index (χ0) is 19.4. The fraction of sp³-hybridized carbons (Fsp3) is 0.308. The first-order valence-electron chi connectivity index (χ1n) is 9.71. The van der Waals surface area contributed by atoms with Crippen molar-refractivity contribution in [3.8, 4) is 11.1 Å². The first-order chi connectivity index (χ1) is 12.6. The molecule has 0 fully saturated rings. The molecule has 1 nitrogen and oxygen atoms in total. The van der Waals surface area contributed by atoms with E-state index in [0.717, 1.165) is 11.2 Å². The van der Waals surface area contributed by atoms with Crippen molar-refractivity contribution in [1.82, 2.24) is 0 Å². The van der Waals surface area contributed by atoms with Gasteiger partial charge in [0, 0.05) is 10.8 Å². The summed E-state index contributed by atoms with van der Waals surface area (Å²) in [6.45, 7) is 13.6. The van der Waals surface area contributed by atoms with E-state index in [4.69, 9.17) is 4.42 Å². The standard InChI is InChI=1S/C26H28O/c1-25(2,3)19-11-9-10-17(14-19)18-15-21(26(4,5)6)24-20-12-7-8-13-22(20)27-23(24)16-18/h7-16H,1-6H3. The molecule has 4 rings (SSSR count). The minimum absolute atomic E-state index is 0.0303. The predicted molar refractivity (Wildman–Crippen MR) is 117 cm³/mol. The van der Waals surface area contributed by atoms with Crippen LogP contribution in [0.2, 0.25) is 0 Å². The van der Waals surface area contributed by atoms with Crippen LogP contribution in [-0.4, -0.2) is 0 Å². The second-order valence-electron chi connectivity index (χ2n) is 9.58. The van der Waals surface area contributed by atoms with Gasteiger partial charge in [-0.1, -0.05) is 84.0 Å². The van der Waals surface area contributed by atoms with E-state index in [9.17, 15) is 0 Å². The molecule has 0 saturated carbocycles. The number of rotatable bonds is 1. The quantitative estimate of drug-likeness (QED) is 0.338. The zero-order valence-corrected chi connectivity index (χ0v) is 17.2. The molecule has 138 valence electrons. The van der Waals surface area contributed by atoms with Crippen molar-refractivity contribution in [3.63, 3.8) is 0 Å². The van der Waals surface area contributed by atoms with E-state index >= 15 is 0 Å². The van der Waals surface area contributed by atoms with Crippen LogP contribution in [0.5, 0.6) is 0 Å². The predicted octanol–water partition coefficient (Wildman–Crippen LogP) is 7.85. The van der Waals surface area contributed by atoms with Crippen molar-refractivity contribution < 1.29 is 4.42 Å². The largest absolute Gasteiger partial charge is 0.456 e. The van der Waals surface area contributed by atoms with Crippen molar-refractivity contribution in [1.29, 1.82) is 0 Å². The molecular weight excluding hydrogens is 328 g/mol.